The zero-order chi connectivity index (χ0) is 14.1. The summed E-state index contributed by atoms with van der Waals surface area (Å²) in [4.78, 5) is 11.9. The fourth-order valence-corrected chi connectivity index (χ4v) is 2.42. The van der Waals surface area contributed by atoms with Crippen molar-refractivity contribution in [2.45, 2.75) is 6.10 Å². The first-order valence-electron chi connectivity index (χ1n) is 6.26. The first-order valence-corrected chi connectivity index (χ1v) is 6.26. The number of rotatable bonds is 3. The third-order valence-corrected chi connectivity index (χ3v) is 3.41. The maximum Gasteiger partial charge on any atom is 0.339 e. The summed E-state index contributed by atoms with van der Waals surface area (Å²) in [5.74, 6) is 1.05. The van der Waals surface area contributed by atoms with Crippen LogP contribution in [0.2, 0.25) is 0 Å². The first kappa shape index (κ1) is 12.5. The number of methoxy groups -OCH3 is 2. The molecule has 1 heterocycles. The maximum atomic E-state index is 11.9. The summed E-state index contributed by atoms with van der Waals surface area (Å²) in [7, 11) is 3.19. The number of hydrogen-bond donors (Lipinski definition) is 0. The predicted octanol–water partition coefficient (Wildman–Crippen LogP) is 2.96. The molecule has 1 aliphatic heterocycles. The van der Waals surface area contributed by atoms with E-state index in [9.17, 15) is 4.79 Å². The van der Waals surface area contributed by atoms with Crippen LogP contribution in [0.25, 0.3) is 0 Å². The van der Waals surface area contributed by atoms with E-state index in [0.717, 1.165) is 11.1 Å². The highest BCUT2D eigenvalue weighted by molar-refractivity contribution is 5.94. The molecule has 2 aromatic rings. The molecule has 0 saturated heterocycles. The van der Waals surface area contributed by atoms with E-state index in [1.165, 1.54) is 0 Å². The first-order chi connectivity index (χ1) is 9.74. The standard InChI is InChI=1S/C16H14O4/c1-18-10-7-8-14(19-2)13(9-10)15-11-5-3-4-6-12(11)16(17)20-15/h3-9,15H,1-2H3. The van der Waals surface area contributed by atoms with Crippen molar-refractivity contribution in [3.05, 3.63) is 59.2 Å². The Morgan fingerprint density at radius 2 is 1.80 bits per heavy atom. The van der Waals surface area contributed by atoms with Crippen molar-refractivity contribution < 1.29 is 19.0 Å². The fraction of sp³-hybridized carbons (Fsp3) is 0.188. The van der Waals surface area contributed by atoms with Gasteiger partial charge in [0.1, 0.15) is 11.5 Å². The van der Waals surface area contributed by atoms with E-state index in [1.807, 2.05) is 36.4 Å². The van der Waals surface area contributed by atoms with Gasteiger partial charge in [0.2, 0.25) is 0 Å². The van der Waals surface area contributed by atoms with Gasteiger partial charge in [0.15, 0.2) is 6.10 Å². The number of benzene rings is 2. The molecule has 1 atom stereocenters. The lowest BCUT2D eigenvalue weighted by molar-refractivity contribution is 0.0452. The number of carbonyl (C=O) groups excluding carboxylic acids is 1. The van der Waals surface area contributed by atoms with Crippen LogP contribution in [0.4, 0.5) is 0 Å². The zero-order valence-corrected chi connectivity index (χ0v) is 11.3. The SMILES string of the molecule is COc1ccc(OC)c(C2OC(=O)c3ccccc32)c1. The Labute approximate surface area is 116 Å². The maximum absolute atomic E-state index is 11.9. The number of cyclic esters (lactones) is 1. The largest absolute Gasteiger partial charge is 0.497 e. The molecule has 0 aliphatic carbocycles. The van der Waals surface area contributed by atoms with Gasteiger partial charge < -0.3 is 14.2 Å². The lowest BCUT2D eigenvalue weighted by atomic mass is 9.98. The van der Waals surface area contributed by atoms with E-state index in [1.54, 1.807) is 20.3 Å². The molecule has 3 rings (SSSR count). The summed E-state index contributed by atoms with van der Waals surface area (Å²) in [6.07, 6.45) is -0.455. The fourth-order valence-electron chi connectivity index (χ4n) is 2.42. The van der Waals surface area contributed by atoms with E-state index >= 15 is 0 Å². The quantitative estimate of drug-likeness (QED) is 0.804. The molecule has 0 spiro atoms. The molecule has 0 aromatic heterocycles. The summed E-state index contributed by atoms with van der Waals surface area (Å²) in [5.41, 5.74) is 2.23. The summed E-state index contributed by atoms with van der Waals surface area (Å²) >= 11 is 0. The Bertz CT molecular complexity index is 663. The van der Waals surface area contributed by atoms with E-state index in [4.69, 9.17) is 14.2 Å². The van der Waals surface area contributed by atoms with Gasteiger partial charge in [-0.3, -0.25) is 0 Å². The Kier molecular flexibility index (Phi) is 3.06. The molecule has 0 amide bonds. The van der Waals surface area contributed by atoms with Gasteiger partial charge in [-0.05, 0) is 24.3 Å². The van der Waals surface area contributed by atoms with Gasteiger partial charge >= 0.3 is 5.97 Å². The van der Waals surface area contributed by atoms with Crippen LogP contribution < -0.4 is 9.47 Å². The number of fused-ring (bicyclic) bond motifs is 1. The van der Waals surface area contributed by atoms with Crippen LogP contribution in [-0.2, 0) is 4.74 Å². The molecular weight excluding hydrogens is 256 g/mol. The molecule has 0 bridgehead atoms. The molecule has 102 valence electrons. The second-order valence-electron chi connectivity index (χ2n) is 4.48. The van der Waals surface area contributed by atoms with Crippen molar-refractivity contribution in [2.24, 2.45) is 0 Å². The van der Waals surface area contributed by atoms with Gasteiger partial charge in [-0.25, -0.2) is 4.79 Å². The second kappa shape index (κ2) is 4.89. The molecule has 4 nitrogen and oxygen atoms in total. The molecule has 20 heavy (non-hydrogen) atoms. The van der Waals surface area contributed by atoms with Crippen LogP contribution in [0.5, 0.6) is 11.5 Å². The summed E-state index contributed by atoms with van der Waals surface area (Å²) < 4.78 is 16.1. The van der Waals surface area contributed by atoms with Crippen molar-refractivity contribution in [3.8, 4) is 11.5 Å². The Hall–Kier alpha value is -2.49. The predicted molar refractivity (Wildman–Crippen MR) is 73.2 cm³/mol. The molecule has 1 aliphatic rings. The highest BCUT2D eigenvalue weighted by Gasteiger charge is 2.33. The van der Waals surface area contributed by atoms with Crippen LogP contribution >= 0.6 is 0 Å². The Balaban J connectivity index is 2.13. The smallest absolute Gasteiger partial charge is 0.339 e. The van der Waals surface area contributed by atoms with Gasteiger partial charge in [-0.15, -0.1) is 0 Å². The molecule has 0 saturated carbocycles. The number of esters is 1. The lowest BCUT2D eigenvalue weighted by Gasteiger charge is -2.16. The zero-order valence-electron chi connectivity index (χ0n) is 11.3. The van der Waals surface area contributed by atoms with Crippen molar-refractivity contribution in [2.75, 3.05) is 14.2 Å². The van der Waals surface area contributed by atoms with Crippen molar-refractivity contribution in [3.63, 3.8) is 0 Å². The average Bonchev–Trinajstić information content (AvgIpc) is 2.84. The number of ether oxygens (including phenoxy) is 3. The van der Waals surface area contributed by atoms with E-state index < -0.39 is 6.10 Å². The molecular formula is C16H14O4. The van der Waals surface area contributed by atoms with Crippen molar-refractivity contribution >= 4 is 5.97 Å². The average molecular weight is 270 g/mol. The minimum Gasteiger partial charge on any atom is -0.497 e. The molecule has 2 aromatic carbocycles. The van der Waals surface area contributed by atoms with E-state index in [0.29, 0.717) is 17.1 Å². The highest BCUT2D eigenvalue weighted by atomic mass is 16.6. The van der Waals surface area contributed by atoms with Crippen LogP contribution in [0.3, 0.4) is 0 Å². The van der Waals surface area contributed by atoms with Crippen LogP contribution in [-0.4, -0.2) is 20.2 Å². The summed E-state index contributed by atoms with van der Waals surface area (Å²) in [6, 6.07) is 12.8. The van der Waals surface area contributed by atoms with E-state index in [-0.39, 0.29) is 5.97 Å². The highest BCUT2D eigenvalue weighted by Crippen LogP contribution is 2.40. The van der Waals surface area contributed by atoms with Crippen LogP contribution in [0, 0.1) is 0 Å². The minimum atomic E-state index is -0.455. The summed E-state index contributed by atoms with van der Waals surface area (Å²) in [5, 5.41) is 0. The van der Waals surface area contributed by atoms with Gasteiger partial charge in [0, 0.05) is 11.1 Å². The molecule has 0 fully saturated rings. The van der Waals surface area contributed by atoms with Crippen LogP contribution in [0.1, 0.15) is 27.6 Å². The molecule has 4 heteroatoms. The normalized spacial score (nSPS) is 16.5. The lowest BCUT2D eigenvalue weighted by Crippen LogP contribution is -2.03. The topological polar surface area (TPSA) is 44.8 Å². The molecule has 0 N–H and O–H groups in total. The van der Waals surface area contributed by atoms with Crippen LogP contribution in [0.15, 0.2) is 42.5 Å². The van der Waals surface area contributed by atoms with Gasteiger partial charge in [0.05, 0.1) is 19.8 Å². The Morgan fingerprint density at radius 1 is 1.00 bits per heavy atom. The van der Waals surface area contributed by atoms with Gasteiger partial charge in [0.25, 0.3) is 0 Å². The van der Waals surface area contributed by atoms with Gasteiger partial charge in [-0.1, -0.05) is 18.2 Å². The van der Waals surface area contributed by atoms with Gasteiger partial charge in [-0.2, -0.15) is 0 Å². The molecule has 0 radical (unpaired) electrons. The third-order valence-electron chi connectivity index (χ3n) is 3.41. The molecule has 1 unspecified atom stereocenters. The van der Waals surface area contributed by atoms with Crippen molar-refractivity contribution in [1.29, 1.82) is 0 Å². The third kappa shape index (κ3) is 1.90. The number of carbonyl (C=O) groups is 1. The number of hydrogen-bond acceptors (Lipinski definition) is 4. The minimum absolute atomic E-state index is 0.310. The van der Waals surface area contributed by atoms with Crippen molar-refractivity contribution in [1.82, 2.24) is 0 Å². The monoisotopic (exact) mass is 270 g/mol. The second-order valence-corrected chi connectivity index (χ2v) is 4.48. The Morgan fingerprint density at radius 3 is 2.55 bits per heavy atom. The summed E-state index contributed by atoms with van der Waals surface area (Å²) in [6.45, 7) is 0. The van der Waals surface area contributed by atoms with E-state index in [2.05, 4.69) is 0 Å².